The maximum Gasteiger partial charge on any atom is 0.336 e. The molecule has 0 saturated carbocycles. The highest BCUT2D eigenvalue weighted by molar-refractivity contribution is 6.39. The van der Waals surface area contributed by atoms with Crippen LogP contribution in [0.3, 0.4) is 0 Å². The van der Waals surface area contributed by atoms with E-state index < -0.39 is 29.6 Å². The molecule has 9 heteroatoms. The van der Waals surface area contributed by atoms with Gasteiger partial charge in [0, 0.05) is 17.6 Å². The van der Waals surface area contributed by atoms with Crippen LogP contribution in [0, 0.1) is 5.82 Å². The minimum Gasteiger partial charge on any atom is -0.478 e. The molecule has 0 bridgehead atoms. The lowest BCUT2D eigenvalue weighted by Gasteiger charge is -2.26. The van der Waals surface area contributed by atoms with E-state index in [1.165, 1.54) is 36.4 Å². The molecule has 154 valence electrons. The van der Waals surface area contributed by atoms with Crippen molar-refractivity contribution in [2.45, 2.75) is 0 Å². The first-order chi connectivity index (χ1) is 14.9. The predicted molar refractivity (Wildman–Crippen MR) is 108 cm³/mol. The summed E-state index contributed by atoms with van der Waals surface area (Å²) in [6.45, 7) is 0. The lowest BCUT2D eigenvalue weighted by molar-refractivity contribution is -0.122. The van der Waals surface area contributed by atoms with Crippen LogP contribution in [0.5, 0.6) is 0 Å². The molecule has 31 heavy (non-hydrogen) atoms. The van der Waals surface area contributed by atoms with Crippen molar-refractivity contribution in [2.75, 3.05) is 4.90 Å². The fourth-order valence-corrected chi connectivity index (χ4v) is 3.17. The van der Waals surface area contributed by atoms with Gasteiger partial charge in [0.05, 0.1) is 11.3 Å². The third-order valence-electron chi connectivity index (χ3n) is 4.66. The molecule has 0 radical (unpaired) electrons. The second-order valence-corrected chi connectivity index (χ2v) is 6.56. The number of carboxylic acids is 1. The zero-order valence-corrected chi connectivity index (χ0v) is 15.8. The van der Waals surface area contributed by atoms with Crippen LogP contribution in [-0.2, 0) is 9.59 Å². The van der Waals surface area contributed by atoms with Crippen molar-refractivity contribution in [3.05, 3.63) is 89.5 Å². The van der Waals surface area contributed by atoms with Crippen LogP contribution in [-0.4, -0.2) is 33.5 Å². The lowest BCUT2D eigenvalue weighted by Crippen LogP contribution is -2.54. The van der Waals surface area contributed by atoms with Gasteiger partial charge in [0.15, 0.2) is 0 Å². The van der Waals surface area contributed by atoms with Crippen LogP contribution in [0.1, 0.15) is 16.1 Å². The van der Waals surface area contributed by atoms with Crippen LogP contribution in [0.15, 0.2) is 72.4 Å². The number of benzene rings is 2. The maximum absolute atomic E-state index is 14.2. The van der Waals surface area contributed by atoms with E-state index in [0.717, 1.165) is 6.07 Å². The highest BCUT2D eigenvalue weighted by Crippen LogP contribution is 2.25. The Balaban J connectivity index is 1.73. The number of carbonyl (C=O) groups is 4. The lowest BCUT2D eigenvalue weighted by atomic mass is 10.1. The molecule has 1 saturated heterocycles. The van der Waals surface area contributed by atoms with Crippen LogP contribution >= 0.6 is 0 Å². The van der Waals surface area contributed by atoms with E-state index in [0.29, 0.717) is 16.3 Å². The molecule has 0 aliphatic carbocycles. The molecule has 0 spiro atoms. The number of para-hydroxylation sites is 1. The Kier molecular flexibility index (Phi) is 4.92. The van der Waals surface area contributed by atoms with Gasteiger partial charge in [-0.3, -0.25) is 14.9 Å². The molecule has 1 aromatic heterocycles. The number of aromatic nitrogens is 1. The van der Waals surface area contributed by atoms with Crippen molar-refractivity contribution in [2.24, 2.45) is 0 Å². The number of nitrogens with zero attached hydrogens (tertiary/aromatic N) is 2. The zero-order chi connectivity index (χ0) is 22.1. The number of urea groups is 1. The maximum atomic E-state index is 14.2. The van der Waals surface area contributed by atoms with Crippen molar-refractivity contribution in [3.63, 3.8) is 0 Å². The predicted octanol–water partition coefficient (Wildman–Crippen LogP) is 2.98. The fraction of sp³-hybridized carbons (Fsp3) is 0. The summed E-state index contributed by atoms with van der Waals surface area (Å²) in [4.78, 5) is 49.1. The Bertz CT molecular complexity index is 1260. The SMILES string of the molecule is O=C1NC(=O)N(c2ccccc2F)C(=O)/C1=C/c1cccn1-c1ccc(C(=O)O)cc1. The van der Waals surface area contributed by atoms with Crippen LogP contribution in [0.25, 0.3) is 11.8 Å². The number of carbonyl (C=O) groups excluding carboxylic acids is 3. The van der Waals surface area contributed by atoms with E-state index in [1.54, 1.807) is 35.0 Å². The number of imide groups is 2. The molecular formula is C22H14FN3O5. The summed E-state index contributed by atoms with van der Waals surface area (Å²) < 4.78 is 15.8. The summed E-state index contributed by atoms with van der Waals surface area (Å²) in [5.41, 5.74) is 0.488. The summed E-state index contributed by atoms with van der Waals surface area (Å²) >= 11 is 0. The van der Waals surface area contributed by atoms with Crippen LogP contribution in [0.4, 0.5) is 14.9 Å². The Morgan fingerprint density at radius 1 is 0.968 bits per heavy atom. The number of amides is 4. The third-order valence-corrected chi connectivity index (χ3v) is 4.66. The van der Waals surface area contributed by atoms with Crippen LogP contribution < -0.4 is 10.2 Å². The number of halogens is 1. The summed E-state index contributed by atoms with van der Waals surface area (Å²) in [6.07, 6.45) is 2.94. The molecule has 1 aliphatic rings. The van der Waals surface area contributed by atoms with Crippen molar-refractivity contribution in [3.8, 4) is 5.69 Å². The summed E-state index contributed by atoms with van der Waals surface area (Å²) in [6, 6.07) is 13.5. The van der Waals surface area contributed by atoms with E-state index in [9.17, 15) is 23.6 Å². The number of hydrogen-bond acceptors (Lipinski definition) is 4. The topological polar surface area (TPSA) is 109 Å². The Hall–Kier alpha value is -4.53. The van der Waals surface area contributed by atoms with Gasteiger partial charge in [-0.05, 0) is 54.6 Å². The number of hydrogen-bond donors (Lipinski definition) is 2. The molecule has 4 rings (SSSR count). The molecule has 1 aliphatic heterocycles. The van der Waals surface area contributed by atoms with Crippen molar-refractivity contribution >= 4 is 35.6 Å². The van der Waals surface area contributed by atoms with Crippen molar-refractivity contribution in [1.82, 2.24) is 9.88 Å². The summed E-state index contributed by atoms with van der Waals surface area (Å²) in [5, 5.41) is 11.1. The van der Waals surface area contributed by atoms with Crippen LogP contribution in [0.2, 0.25) is 0 Å². The highest BCUT2D eigenvalue weighted by atomic mass is 19.1. The molecule has 2 heterocycles. The van der Waals surface area contributed by atoms with Gasteiger partial charge in [0.1, 0.15) is 11.4 Å². The van der Waals surface area contributed by atoms with E-state index in [2.05, 4.69) is 0 Å². The number of anilines is 1. The average Bonchev–Trinajstić information content (AvgIpc) is 3.20. The molecule has 4 amide bonds. The average molecular weight is 419 g/mol. The van der Waals surface area contributed by atoms with Gasteiger partial charge in [-0.2, -0.15) is 0 Å². The van der Waals surface area contributed by atoms with E-state index in [-0.39, 0.29) is 16.8 Å². The first-order valence-corrected chi connectivity index (χ1v) is 9.04. The smallest absolute Gasteiger partial charge is 0.336 e. The Morgan fingerprint density at radius 2 is 1.68 bits per heavy atom. The van der Waals surface area contributed by atoms with Crippen molar-refractivity contribution in [1.29, 1.82) is 0 Å². The second-order valence-electron chi connectivity index (χ2n) is 6.56. The van der Waals surface area contributed by atoms with Gasteiger partial charge in [0.25, 0.3) is 11.8 Å². The van der Waals surface area contributed by atoms with Gasteiger partial charge in [0.2, 0.25) is 0 Å². The minimum absolute atomic E-state index is 0.108. The number of carboxylic acid groups (broad SMARTS) is 1. The number of aromatic carboxylic acids is 1. The van der Waals surface area contributed by atoms with Gasteiger partial charge in [-0.15, -0.1) is 0 Å². The first-order valence-electron chi connectivity index (χ1n) is 9.04. The van der Waals surface area contributed by atoms with E-state index in [4.69, 9.17) is 5.11 Å². The monoisotopic (exact) mass is 419 g/mol. The van der Waals surface area contributed by atoms with Gasteiger partial charge >= 0.3 is 12.0 Å². The normalized spacial score (nSPS) is 15.3. The third kappa shape index (κ3) is 3.60. The highest BCUT2D eigenvalue weighted by Gasteiger charge is 2.38. The second kappa shape index (κ2) is 7.71. The van der Waals surface area contributed by atoms with Gasteiger partial charge in [-0.25, -0.2) is 18.9 Å². The molecule has 2 N–H and O–H groups in total. The molecule has 0 atom stereocenters. The van der Waals surface area contributed by atoms with Gasteiger partial charge in [-0.1, -0.05) is 12.1 Å². The number of rotatable bonds is 4. The summed E-state index contributed by atoms with van der Waals surface area (Å²) in [7, 11) is 0. The Morgan fingerprint density at radius 3 is 2.35 bits per heavy atom. The molecule has 2 aromatic carbocycles. The molecular weight excluding hydrogens is 405 g/mol. The number of nitrogens with one attached hydrogen (secondary N) is 1. The molecule has 1 fully saturated rings. The first kappa shape index (κ1) is 19.8. The summed E-state index contributed by atoms with van der Waals surface area (Å²) in [5.74, 6) is -3.73. The fourth-order valence-electron chi connectivity index (χ4n) is 3.17. The van der Waals surface area contributed by atoms with E-state index in [1.807, 2.05) is 5.32 Å². The van der Waals surface area contributed by atoms with E-state index >= 15 is 0 Å². The van der Waals surface area contributed by atoms with Gasteiger partial charge < -0.3 is 9.67 Å². The molecule has 3 aromatic rings. The van der Waals surface area contributed by atoms with Crippen molar-refractivity contribution < 1.29 is 28.7 Å². The standard InChI is InChI=1S/C22H14FN3O5/c23-17-5-1-2-6-18(17)26-20(28)16(19(27)24-22(26)31)12-15-4-3-11-25(15)14-9-7-13(8-10-14)21(29)30/h1-12H,(H,29,30)(H,24,27,31)/b16-12+. The zero-order valence-electron chi connectivity index (χ0n) is 15.8. The largest absolute Gasteiger partial charge is 0.478 e. The Labute approximate surface area is 174 Å². The quantitative estimate of drug-likeness (QED) is 0.499. The molecule has 8 nitrogen and oxygen atoms in total. The number of barbiturate groups is 1. The molecule has 0 unspecified atom stereocenters. The minimum atomic E-state index is -1.07.